The van der Waals surface area contributed by atoms with Crippen molar-refractivity contribution in [2.45, 2.75) is 46.5 Å². The zero-order chi connectivity index (χ0) is 19.7. The third-order valence-corrected chi connectivity index (χ3v) is 4.34. The average molecular weight is 365 g/mol. The van der Waals surface area contributed by atoms with Gasteiger partial charge in [-0.05, 0) is 61.4 Å². The van der Waals surface area contributed by atoms with Crippen molar-refractivity contribution in [3.63, 3.8) is 0 Å². The maximum atomic E-state index is 9.10. The van der Waals surface area contributed by atoms with Gasteiger partial charge in [0.1, 0.15) is 12.4 Å². The Morgan fingerprint density at radius 2 is 1.88 bits per heavy atom. The third kappa shape index (κ3) is 8.34. The number of aryl methyl sites for hydroxylation is 1. The van der Waals surface area contributed by atoms with Gasteiger partial charge in [-0.1, -0.05) is 26.8 Å². The van der Waals surface area contributed by atoms with Crippen LogP contribution in [0.15, 0.2) is 18.2 Å². The van der Waals surface area contributed by atoms with Crippen LogP contribution >= 0.6 is 0 Å². The normalized spacial score (nSPS) is 17.3. The number of carboxylic acids is 2. The van der Waals surface area contributed by atoms with Crippen LogP contribution in [0, 0.1) is 12.8 Å². The molecule has 6 heteroatoms. The van der Waals surface area contributed by atoms with Crippen LogP contribution in [-0.2, 0) is 9.59 Å². The smallest absolute Gasteiger partial charge is 0.414 e. The van der Waals surface area contributed by atoms with E-state index in [9.17, 15) is 0 Å². The topological polar surface area (TPSA) is 87.1 Å². The second-order valence-corrected chi connectivity index (χ2v) is 7.24. The van der Waals surface area contributed by atoms with E-state index in [0.717, 1.165) is 24.8 Å². The van der Waals surface area contributed by atoms with Crippen LogP contribution in [0.3, 0.4) is 0 Å². The second kappa shape index (κ2) is 10.8. The molecular formula is C20H31NO5. The lowest BCUT2D eigenvalue weighted by Crippen LogP contribution is -2.37. The predicted octanol–water partition coefficient (Wildman–Crippen LogP) is 3.38. The van der Waals surface area contributed by atoms with E-state index in [4.69, 9.17) is 24.5 Å². The van der Waals surface area contributed by atoms with Gasteiger partial charge in [-0.3, -0.25) is 4.90 Å². The number of nitrogens with zero attached hydrogens (tertiary/aromatic N) is 1. The molecular weight excluding hydrogens is 334 g/mol. The molecule has 0 aromatic heterocycles. The van der Waals surface area contributed by atoms with Crippen LogP contribution in [-0.4, -0.2) is 53.3 Å². The molecule has 0 saturated carbocycles. The summed E-state index contributed by atoms with van der Waals surface area (Å²) in [6.07, 6.45) is 2.72. The molecule has 2 N–H and O–H groups in total. The Balaban J connectivity index is 0.000000487. The summed E-state index contributed by atoms with van der Waals surface area (Å²) >= 11 is 0. The van der Waals surface area contributed by atoms with Gasteiger partial charge in [0, 0.05) is 13.1 Å². The number of aliphatic carboxylic acids is 2. The summed E-state index contributed by atoms with van der Waals surface area (Å²) in [4.78, 5) is 20.7. The Kier molecular flexibility index (Phi) is 9.13. The van der Waals surface area contributed by atoms with E-state index in [2.05, 4.69) is 50.8 Å². The van der Waals surface area contributed by atoms with E-state index >= 15 is 0 Å². The molecule has 6 nitrogen and oxygen atoms in total. The number of carboxylic acid groups (broad SMARTS) is 2. The quantitative estimate of drug-likeness (QED) is 0.778. The fraction of sp³-hybridized carbons (Fsp3) is 0.600. The van der Waals surface area contributed by atoms with Crippen molar-refractivity contribution in [1.82, 2.24) is 4.90 Å². The Morgan fingerprint density at radius 1 is 1.23 bits per heavy atom. The van der Waals surface area contributed by atoms with Crippen LogP contribution in [0.1, 0.15) is 50.7 Å². The molecule has 0 bridgehead atoms. The van der Waals surface area contributed by atoms with Crippen LogP contribution in [0.2, 0.25) is 0 Å². The molecule has 1 saturated heterocycles. The summed E-state index contributed by atoms with van der Waals surface area (Å²) in [6.45, 7) is 13.3. The van der Waals surface area contributed by atoms with Gasteiger partial charge >= 0.3 is 11.9 Å². The first-order chi connectivity index (χ1) is 12.2. The van der Waals surface area contributed by atoms with Gasteiger partial charge in [0.2, 0.25) is 0 Å². The summed E-state index contributed by atoms with van der Waals surface area (Å²) in [7, 11) is 0. The molecule has 1 aromatic carbocycles. The third-order valence-electron chi connectivity index (χ3n) is 4.34. The van der Waals surface area contributed by atoms with Crippen molar-refractivity contribution >= 4 is 11.9 Å². The van der Waals surface area contributed by atoms with Crippen LogP contribution in [0.4, 0.5) is 0 Å². The highest BCUT2D eigenvalue weighted by Gasteiger charge is 2.15. The van der Waals surface area contributed by atoms with Crippen molar-refractivity contribution < 1.29 is 24.5 Å². The lowest BCUT2D eigenvalue weighted by atomic mass is 10.0. The van der Waals surface area contributed by atoms with Gasteiger partial charge in [0.15, 0.2) is 0 Å². The minimum atomic E-state index is -1.82. The minimum absolute atomic E-state index is 0.556. The average Bonchev–Trinajstić information content (AvgIpc) is 2.55. The van der Waals surface area contributed by atoms with Gasteiger partial charge in [-0.2, -0.15) is 0 Å². The second-order valence-electron chi connectivity index (χ2n) is 7.24. The highest BCUT2D eigenvalue weighted by atomic mass is 16.5. The van der Waals surface area contributed by atoms with Crippen molar-refractivity contribution in [3.05, 3.63) is 29.3 Å². The predicted molar refractivity (Wildman–Crippen MR) is 101 cm³/mol. The molecule has 0 spiro atoms. The number of hydrogen-bond acceptors (Lipinski definition) is 4. The summed E-state index contributed by atoms with van der Waals surface area (Å²) in [5.74, 6) is -1.22. The van der Waals surface area contributed by atoms with E-state index < -0.39 is 11.9 Å². The number of ether oxygens (including phenoxy) is 1. The molecule has 1 aromatic rings. The molecule has 26 heavy (non-hydrogen) atoms. The minimum Gasteiger partial charge on any atom is -0.492 e. The van der Waals surface area contributed by atoms with Gasteiger partial charge in [0.25, 0.3) is 0 Å². The maximum Gasteiger partial charge on any atom is 0.414 e. The first kappa shape index (κ1) is 22.0. The lowest BCUT2D eigenvalue weighted by Gasteiger charge is -2.30. The SMILES string of the molecule is Cc1cc(OCCN2CCCC(C)C2)cc(C(C)C)c1.O=C(O)C(=O)O. The summed E-state index contributed by atoms with van der Waals surface area (Å²) in [5, 5.41) is 14.8. The number of likely N-dealkylation sites (tertiary alicyclic amines) is 1. The molecule has 1 aliphatic heterocycles. The fourth-order valence-electron chi connectivity index (χ4n) is 2.98. The Morgan fingerprint density at radius 3 is 2.42 bits per heavy atom. The van der Waals surface area contributed by atoms with Gasteiger partial charge in [0.05, 0.1) is 0 Å². The molecule has 0 aliphatic carbocycles. The Bertz CT molecular complexity index is 588. The molecule has 2 rings (SSSR count). The fourth-order valence-corrected chi connectivity index (χ4v) is 2.98. The number of piperidine rings is 1. The van der Waals surface area contributed by atoms with Gasteiger partial charge in [-0.25, -0.2) is 9.59 Å². The van der Waals surface area contributed by atoms with Crippen molar-refractivity contribution in [2.75, 3.05) is 26.2 Å². The summed E-state index contributed by atoms with van der Waals surface area (Å²) in [6, 6.07) is 6.59. The highest BCUT2D eigenvalue weighted by Crippen LogP contribution is 2.23. The molecule has 1 heterocycles. The number of carbonyl (C=O) groups is 2. The van der Waals surface area contributed by atoms with E-state index in [1.54, 1.807) is 0 Å². The standard InChI is InChI=1S/C18H29NO.C2H2O4/c1-14(2)17-10-16(4)11-18(12-17)20-9-8-19-7-5-6-15(3)13-19;3-1(4)2(5)6/h10-12,14-15H,5-9,13H2,1-4H3;(H,3,4)(H,5,6). The van der Waals surface area contributed by atoms with E-state index in [1.807, 2.05) is 0 Å². The molecule has 1 atom stereocenters. The van der Waals surface area contributed by atoms with Crippen molar-refractivity contribution in [2.24, 2.45) is 5.92 Å². The number of rotatable bonds is 5. The van der Waals surface area contributed by atoms with Crippen LogP contribution in [0.25, 0.3) is 0 Å². The summed E-state index contributed by atoms with van der Waals surface area (Å²) in [5.41, 5.74) is 2.66. The van der Waals surface area contributed by atoms with Crippen molar-refractivity contribution in [3.8, 4) is 5.75 Å². The molecule has 1 fully saturated rings. The maximum absolute atomic E-state index is 9.10. The molecule has 1 unspecified atom stereocenters. The first-order valence-corrected chi connectivity index (χ1v) is 9.12. The van der Waals surface area contributed by atoms with E-state index in [0.29, 0.717) is 5.92 Å². The highest BCUT2D eigenvalue weighted by molar-refractivity contribution is 6.27. The van der Waals surface area contributed by atoms with Gasteiger partial charge in [-0.15, -0.1) is 0 Å². The van der Waals surface area contributed by atoms with E-state index in [-0.39, 0.29) is 0 Å². The lowest BCUT2D eigenvalue weighted by molar-refractivity contribution is -0.159. The molecule has 0 amide bonds. The van der Waals surface area contributed by atoms with Gasteiger partial charge < -0.3 is 14.9 Å². The molecule has 1 aliphatic rings. The first-order valence-electron chi connectivity index (χ1n) is 9.12. The molecule has 146 valence electrons. The number of hydrogen-bond donors (Lipinski definition) is 2. The molecule has 0 radical (unpaired) electrons. The zero-order valence-electron chi connectivity index (χ0n) is 16.2. The zero-order valence-corrected chi connectivity index (χ0v) is 16.2. The Hall–Kier alpha value is -2.08. The van der Waals surface area contributed by atoms with Crippen molar-refractivity contribution in [1.29, 1.82) is 0 Å². The Labute approximate surface area is 155 Å². The van der Waals surface area contributed by atoms with Crippen LogP contribution in [0.5, 0.6) is 5.75 Å². The largest absolute Gasteiger partial charge is 0.492 e. The number of benzene rings is 1. The monoisotopic (exact) mass is 365 g/mol. The summed E-state index contributed by atoms with van der Waals surface area (Å²) < 4.78 is 5.97. The van der Waals surface area contributed by atoms with E-state index in [1.165, 1.54) is 37.1 Å². The van der Waals surface area contributed by atoms with Crippen LogP contribution < -0.4 is 4.74 Å².